The Morgan fingerprint density at radius 3 is 2.67 bits per heavy atom. The number of carbonyl (C=O) groups is 2. The Balaban J connectivity index is 1.46. The van der Waals surface area contributed by atoms with Crippen molar-refractivity contribution < 1.29 is 9.59 Å². The largest absolute Gasteiger partial charge is 0.346 e. The lowest BCUT2D eigenvalue weighted by Gasteiger charge is -2.09. The number of nitrogens with one attached hydrogen (secondary N) is 2. The van der Waals surface area contributed by atoms with Gasteiger partial charge in [-0.3, -0.25) is 14.6 Å². The van der Waals surface area contributed by atoms with E-state index in [0.717, 1.165) is 26.8 Å². The number of halogens is 1. The first kappa shape index (κ1) is 19.3. The fourth-order valence-corrected chi connectivity index (χ4v) is 3.49. The highest BCUT2D eigenvalue weighted by Crippen LogP contribution is 2.20. The number of anilines is 1. The molecule has 3 aromatic rings. The predicted octanol–water partition coefficient (Wildman–Crippen LogP) is 3.55. The van der Waals surface area contributed by atoms with Gasteiger partial charge in [0.15, 0.2) is 0 Å². The van der Waals surface area contributed by atoms with Crippen molar-refractivity contribution in [1.29, 1.82) is 0 Å². The number of para-hydroxylation sites is 2. The minimum absolute atomic E-state index is 0.0850. The minimum atomic E-state index is -0.274. The van der Waals surface area contributed by atoms with Crippen molar-refractivity contribution in [3.05, 3.63) is 58.7 Å². The predicted molar refractivity (Wildman–Crippen MR) is 111 cm³/mol. The van der Waals surface area contributed by atoms with Gasteiger partial charge in [-0.05, 0) is 42.8 Å². The first-order valence-electron chi connectivity index (χ1n) is 8.18. The molecule has 3 rings (SSSR count). The van der Waals surface area contributed by atoms with Gasteiger partial charge in [-0.25, -0.2) is 4.98 Å². The van der Waals surface area contributed by atoms with E-state index >= 15 is 0 Å². The zero-order chi connectivity index (χ0) is 19.2. The molecule has 1 aromatic heterocycles. The van der Waals surface area contributed by atoms with Crippen molar-refractivity contribution in [3.63, 3.8) is 0 Å². The number of fused-ring (bicyclic) bond motifs is 1. The van der Waals surface area contributed by atoms with Gasteiger partial charge in [0.1, 0.15) is 5.03 Å². The minimum Gasteiger partial charge on any atom is -0.346 e. The summed E-state index contributed by atoms with van der Waals surface area (Å²) in [6, 6.07) is 13.1. The zero-order valence-electron chi connectivity index (χ0n) is 14.5. The Kier molecular flexibility index (Phi) is 6.41. The summed E-state index contributed by atoms with van der Waals surface area (Å²) in [6.07, 6.45) is 1.64. The topological polar surface area (TPSA) is 84.0 Å². The van der Waals surface area contributed by atoms with Crippen LogP contribution in [0.5, 0.6) is 0 Å². The van der Waals surface area contributed by atoms with Crippen LogP contribution in [0.3, 0.4) is 0 Å². The number of thioether (sulfide) groups is 1. The highest BCUT2D eigenvalue weighted by Gasteiger charge is 2.09. The monoisotopic (exact) mass is 444 g/mol. The summed E-state index contributed by atoms with van der Waals surface area (Å²) < 4.78 is 0.945. The standard InChI is InChI=1S/C19H17BrN4O2S/c1-12-8-13(20)6-7-14(12)23-17(25)9-22-18(26)11-27-19-10-21-15-4-2-3-5-16(15)24-19/h2-8,10H,9,11H2,1H3,(H,22,26)(H,23,25). The number of aromatic nitrogens is 2. The van der Waals surface area contributed by atoms with Crippen molar-refractivity contribution >= 4 is 56.2 Å². The fourth-order valence-electron chi connectivity index (χ4n) is 2.34. The molecule has 1 heterocycles. The van der Waals surface area contributed by atoms with Crippen LogP contribution in [0.4, 0.5) is 5.69 Å². The van der Waals surface area contributed by atoms with Crippen molar-refractivity contribution in [2.75, 3.05) is 17.6 Å². The molecule has 2 N–H and O–H groups in total. The Bertz CT molecular complexity index is 996. The van der Waals surface area contributed by atoms with Gasteiger partial charge in [0, 0.05) is 10.2 Å². The molecule has 0 aliphatic heterocycles. The van der Waals surface area contributed by atoms with Crippen LogP contribution in [0.1, 0.15) is 5.56 Å². The van der Waals surface area contributed by atoms with E-state index in [1.54, 1.807) is 6.20 Å². The van der Waals surface area contributed by atoms with E-state index in [9.17, 15) is 9.59 Å². The van der Waals surface area contributed by atoms with E-state index in [-0.39, 0.29) is 24.1 Å². The van der Waals surface area contributed by atoms with Gasteiger partial charge in [-0.1, -0.05) is 39.8 Å². The quantitative estimate of drug-likeness (QED) is 0.567. The number of nitrogens with zero attached hydrogens (tertiary/aromatic N) is 2. The molecular formula is C19H17BrN4O2S. The molecule has 8 heteroatoms. The van der Waals surface area contributed by atoms with Gasteiger partial charge in [0.2, 0.25) is 11.8 Å². The smallest absolute Gasteiger partial charge is 0.243 e. The normalized spacial score (nSPS) is 10.6. The van der Waals surface area contributed by atoms with Gasteiger partial charge in [-0.2, -0.15) is 0 Å². The third-order valence-electron chi connectivity index (χ3n) is 3.69. The third kappa shape index (κ3) is 5.51. The first-order valence-corrected chi connectivity index (χ1v) is 9.96. The molecule has 0 saturated heterocycles. The molecule has 27 heavy (non-hydrogen) atoms. The summed E-state index contributed by atoms with van der Waals surface area (Å²) in [7, 11) is 0. The Morgan fingerprint density at radius 2 is 1.89 bits per heavy atom. The molecule has 0 aliphatic rings. The number of hydrogen-bond donors (Lipinski definition) is 2. The van der Waals surface area contributed by atoms with Crippen LogP contribution < -0.4 is 10.6 Å². The Hall–Kier alpha value is -2.45. The number of rotatable bonds is 6. The van der Waals surface area contributed by atoms with E-state index in [2.05, 4.69) is 36.5 Å². The van der Waals surface area contributed by atoms with Gasteiger partial charge < -0.3 is 10.6 Å². The van der Waals surface area contributed by atoms with Crippen LogP contribution in [0, 0.1) is 6.92 Å². The number of aryl methyl sites for hydroxylation is 1. The molecule has 0 atom stereocenters. The van der Waals surface area contributed by atoms with E-state index in [0.29, 0.717) is 5.03 Å². The molecular weight excluding hydrogens is 428 g/mol. The van der Waals surface area contributed by atoms with E-state index in [1.165, 1.54) is 11.8 Å². The molecule has 0 saturated carbocycles. The van der Waals surface area contributed by atoms with Crippen molar-refractivity contribution in [2.45, 2.75) is 11.9 Å². The van der Waals surface area contributed by atoms with Crippen LogP contribution in [0.25, 0.3) is 11.0 Å². The lowest BCUT2D eigenvalue weighted by molar-refractivity contribution is -0.122. The van der Waals surface area contributed by atoms with Crippen molar-refractivity contribution in [3.8, 4) is 0 Å². The van der Waals surface area contributed by atoms with Gasteiger partial charge >= 0.3 is 0 Å². The molecule has 0 fully saturated rings. The number of hydrogen-bond acceptors (Lipinski definition) is 5. The Morgan fingerprint density at radius 1 is 1.11 bits per heavy atom. The summed E-state index contributed by atoms with van der Waals surface area (Å²) in [5, 5.41) is 6.06. The summed E-state index contributed by atoms with van der Waals surface area (Å²) in [4.78, 5) is 32.8. The van der Waals surface area contributed by atoms with Crippen LogP contribution in [0.15, 0.2) is 58.2 Å². The second kappa shape index (κ2) is 8.96. The zero-order valence-corrected chi connectivity index (χ0v) is 16.9. The molecule has 0 aliphatic carbocycles. The summed E-state index contributed by atoms with van der Waals surface area (Å²) in [5.41, 5.74) is 3.26. The molecule has 2 aromatic carbocycles. The molecule has 0 unspecified atom stereocenters. The maximum absolute atomic E-state index is 12.0. The molecule has 0 bridgehead atoms. The van der Waals surface area contributed by atoms with E-state index in [1.807, 2.05) is 49.4 Å². The lowest BCUT2D eigenvalue weighted by atomic mass is 10.2. The van der Waals surface area contributed by atoms with Crippen molar-refractivity contribution in [2.24, 2.45) is 0 Å². The maximum Gasteiger partial charge on any atom is 0.243 e. The Labute approximate surface area is 169 Å². The number of amides is 2. The summed E-state index contributed by atoms with van der Waals surface area (Å²) >= 11 is 4.66. The number of carbonyl (C=O) groups excluding carboxylic acids is 2. The van der Waals surface area contributed by atoms with Gasteiger partial charge in [0.05, 0.1) is 29.5 Å². The van der Waals surface area contributed by atoms with Gasteiger partial charge in [0.25, 0.3) is 0 Å². The molecule has 2 amide bonds. The average Bonchev–Trinajstić information content (AvgIpc) is 2.67. The van der Waals surface area contributed by atoms with Gasteiger partial charge in [-0.15, -0.1) is 0 Å². The molecule has 0 radical (unpaired) electrons. The average molecular weight is 445 g/mol. The summed E-state index contributed by atoms with van der Waals surface area (Å²) in [6.45, 7) is 1.82. The third-order valence-corrected chi connectivity index (χ3v) is 5.08. The van der Waals surface area contributed by atoms with Crippen LogP contribution in [0.2, 0.25) is 0 Å². The fraction of sp³-hybridized carbons (Fsp3) is 0.158. The first-order chi connectivity index (χ1) is 13.0. The van der Waals surface area contributed by atoms with Crippen LogP contribution >= 0.6 is 27.7 Å². The summed E-state index contributed by atoms with van der Waals surface area (Å²) in [5.74, 6) is -0.348. The van der Waals surface area contributed by atoms with Crippen molar-refractivity contribution in [1.82, 2.24) is 15.3 Å². The highest BCUT2D eigenvalue weighted by molar-refractivity contribution is 9.10. The second-order valence-electron chi connectivity index (χ2n) is 5.77. The van der Waals surface area contributed by atoms with E-state index < -0.39 is 0 Å². The molecule has 138 valence electrons. The second-order valence-corrected chi connectivity index (χ2v) is 7.68. The van der Waals surface area contributed by atoms with Crippen LogP contribution in [-0.2, 0) is 9.59 Å². The molecule has 0 spiro atoms. The molecule has 6 nitrogen and oxygen atoms in total. The number of benzene rings is 2. The maximum atomic E-state index is 12.0. The SMILES string of the molecule is Cc1cc(Br)ccc1NC(=O)CNC(=O)CSc1cnc2ccccc2n1. The van der Waals surface area contributed by atoms with E-state index in [4.69, 9.17) is 0 Å². The highest BCUT2D eigenvalue weighted by atomic mass is 79.9. The van der Waals surface area contributed by atoms with Crippen LogP contribution in [-0.4, -0.2) is 34.1 Å². The lowest BCUT2D eigenvalue weighted by Crippen LogP contribution is -2.34.